The summed E-state index contributed by atoms with van der Waals surface area (Å²) in [6.45, 7) is 4.97. The van der Waals surface area contributed by atoms with E-state index in [9.17, 15) is 4.79 Å². The van der Waals surface area contributed by atoms with Crippen LogP contribution in [0.2, 0.25) is 15.1 Å². The quantitative estimate of drug-likeness (QED) is 0.356. The first-order valence-corrected chi connectivity index (χ1v) is 8.28. The van der Waals surface area contributed by atoms with Crippen molar-refractivity contribution in [2.24, 2.45) is 11.3 Å². The first-order valence-electron chi connectivity index (χ1n) is 7.15. The highest BCUT2D eigenvalue weighted by molar-refractivity contribution is 6.45. The fourth-order valence-electron chi connectivity index (χ4n) is 2.38. The molecule has 1 saturated carbocycles. The summed E-state index contributed by atoms with van der Waals surface area (Å²) in [7, 11) is 0. The summed E-state index contributed by atoms with van der Waals surface area (Å²) >= 11 is 17.8. The monoisotopic (exact) mass is 348 g/mol. The zero-order valence-electron chi connectivity index (χ0n) is 12.2. The summed E-state index contributed by atoms with van der Waals surface area (Å²) in [6, 6.07) is 2.98. The predicted molar refractivity (Wildman–Crippen MR) is 87.5 cm³/mol. The third-order valence-electron chi connectivity index (χ3n) is 4.46. The Morgan fingerprint density at radius 2 is 2.00 bits per heavy atom. The van der Waals surface area contributed by atoms with Gasteiger partial charge in [-0.15, -0.1) is 0 Å². The molecule has 5 heteroatoms. The van der Waals surface area contributed by atoms with Gasteiger partial charge in [-0.1, -0.05) is 48.7 Å². The molecule has 21 heavy (non-hydrogen) atoms. The summed E-state index contributed by atoms with van der Waals surface area (Å²) in [4.78, 5) is 12.0. The van der Waals surface area contributed by atoms with E-state index in [0.29, 0.717) is 23.0 Å². The van der Waals surface area contributed by atoms with Gasteiger partial charge in [-0.05, 0) is 49.1 Å². The lowest BCUT2D eigenvalue weighted by atomic mass is 9.89. The highest BCUT2D eigenvalue weighted by Gasteiger charge is 2.41. The van der Waals surface area contributed by atoms with Crippen LogP contribution in [-0.2, 0) is 4.74 Å². The van der Waals surface area contributed by atoms with Crippen molar-refractivity contribution < 1.29 is 9.53 Å². The lowest BCUT2D eigenvalue weighted by Crippen LogP contribution is -2.12. The highest BCUT2D eigenvalue weighted by atomic mass is 35.5. The van der Waals surface area contributed by atoms with Crippen LogP contribution >= 0.6 is 34.8 Å². The van der Waals surface area contributed by atoms with Crippen LogP contribution in [-0.4, -0.2) is 12.6 Å². The molecular formula is C16H19Cl3O2. The van der Waals surface area contributed by atoms with Crippen molar-refractivity contribution in [2.45, 2.75) is 39.5 Å². The van der Waals surface area contributed by atoms with Crippen molar-refractivity contribution in [3.8, 4) is 0 Å². The zero-order chi connectivity index (χ0) is 15.6. The average molecular weight is 350 g/mol. The second-order valence-electron chi connectivity index (χ2n) is 6.08. The van der Waals surface area contributed by atoms with Crippen molar-refractivity contribution in [1.82, 2.24) is 0 Å². The Hall–Kier alpha value is -0.440. The van der Waals surface area contributed by atoms with Gasteiger partial charge in [0.25, 0.3) is 0 Å². The number of halogens is 3. The van der Waals surface area contributed by atoms with Gasteiger partial charge in [-0.3, -0.25) is 0 Å². The Kier molecular flexibility index (Phi) is 5.45. The molecule has 0 aliphatic heterocycles. The Morgan fingerprint density at radius 3 is 2.62 bits per heavy atom. The minimum Gasteiger partial charge on any atom is -0.462 e. The second kappa shape index (κ2) is 6.76. The third-order valence-corrected chi connectivity index (χ3v) is 5.48. The lowest BCUT2D eigenvalue weighted by Gasteiger charge is -2.18. The molecule has 116 valence electrons. The van der Waals surface area contributed by atoms with Crippen LogP contribution in [0.5, 0.6) is 0 Å². The van der Waals surface area contributed by atoms with Crippen LogP contribution in [0.25, 0.3) is 0 Å². The van der Waals surface area contributed by atoms with E-state index in [-0.39, 0.29) is 15.6 Å². The summed E-state index contributed by atoms with van der Waals surface area (Å²) < 4.78 is 5.26. The van der Waals surface area contributed by atoms with Gasteiger partial charge in [0.05, 0.1) is 22.2 Å². The van der Waals surface area contributed by atoms with Gasteiger partial charge in [-0.25, -0.2) is 4.79 Å². The molecule has 1 unspecified atom stereocenters. The van der Waals surface area contributed by atoms with Crippen LogP contribution in [0.1, 0.15) is 49.9 Å². The van der Waals surface area contributed by atoms with Crippen LogP contribution < -0.4 is 0 Å². The van der Waals surface area contributed by atoms with Gasteiger partial charge in [0.1, 0.15) is 0 Å². The number of benzene rings is 1. The van der Waals surface area contributed by atoms with Gasteiger partial charge in [0.15, 0.2) is 0 Å². The number of ether oxygens (including phenoxy) is 1. The van der Waals surface area contributed by atoms with E-state index in [1.807, 2.05) is 0 Å². The lowest BCUT2D eigenvalue weighted by molar-refractivity contribution is 0.0491. The van der Waals surface area contributed by atoms with Crippen LogP contribution in [0, 0.1) is 11.3 Å². The molecule has 1 aromatic carbocycles. The smallest absolute Gasteiger partial charge is 0.339 e. The Morgan fingerprint density at radius 1 is 1.33 bits per heavy atom. The number of carbonyl (C=O) groups excluding carboxylic acids is 1. The number of carbonyl (C=O) groups is 1. The standard InChI is InChI=1S/C16H19Cl3O2/c1-10(16(2)5-6-16)4-3-7-21-15(20)12-8-11(17)9-13(18)14(12)19/h8-10H,3-7H2,1-2H3. The van der Waals surface area contributed by atoms with Gasteiger partial charge < -0.3 is 4.74 Å². The van der Waals surface area contributed by atoms with Gasteiger partial charge in [-0.2, -0.15) is 0 Å². The maximum atomic E-state index is 12.0. The third kappa shape index (κ3) is 4.28. The summed E-state index contributed by atoms with van der Waals surface area (Å²) in [5, 5.41) is 0.808. The molecule has 1 aromatic rings. The van der Waals surface area contributed by atoms with E-state index in [1.165, 1.54) is 25.0 Å². The van der Waals surface area contributed by atoms with E-state index in [1.54, 1.807) is 0 Å². The normalized spacial score (nSPS) is 17.4. The molecule has 0 amide bonds. The summed E-state index contributed by atoms with van der Waals surface area (Å²) in [6.07, 6.45) is 4.54. The molecule has 0 aromatic heterocycles. The van der Waals surface area contributed by atoms with Gasteiger partial charge in [0.2, 0.25) is 0 Å². The molecule has 2 rings (SSSR count). The first kappa shape index (κ1) is 16.9. The van der Waals surface area contributed by atoms with Gasteiger partial charge >= 0.3 is 5.97 Å². The molecule has 0 spiro atoms. The average Bonchev–Trinajstić information content (AvgIpc) is 3.17. The molecular weight excluding hydrogens is 331 g/mol. The molecule has 2 nitrogen and oxygen atoms in total. The second-order valence-corrected chi connectivity index (χ2v) is 7.30. The Labute approximate surface area is 140 Å². The van der Waals surface area contributed by atoms with E-state index < -0.39 is 5.97 Å². The van der Waals surface area contributed by atoms with E-state index >= 15 is 0 Å². The minimum absolute atomic E-state index is 0.185. The van der Waals surface area contributed by atoms with Crippen molar-refractivity contribution in [3.05, 3.63) is 32.8 Å². The van der Waals surface area contributed by atoms with Gasteiger partial charge in [0, 0.05) is 5.02 Å². The Bertz CT molecular complexity index is 539. The number of esters is 1. The topological polar surface area (TPSA) is 26.3 Å². The molecule has 1 fully saturated rings. The van der Waals surface area contributed by atoms with Crippen molar-refractivity contribution >= 4 is 40.8 Å². The molecule has 1 aliphatic rings. The maximum absolute atomic E-state index is 12.0. The molecule has 0 bridgehead atoms. The Balaban J connectivity index is 1.82. The van der Waals surface area contributed by atoms with Crippen LogP contribution in [0.4, 0.5) is 0 Å². The SMILES string of the molecule is CC(CCCOC(=O)c1cc(Cl)cc(Cl)c1Cl)C1(C)CC1. The minimum atomic E-state index is -0.477. The number of rotatable bonds is 6. The van der Waals surface area contributed by atoms with Crippen LogP contribution in [0.3, 0.4) is 0 Å². The molecule has 0 saturated heterocycles. The highest BCUT2D eigenvalue weighted by Crippen LogP contribution is 2.52. The van der Waals surface area contributed by atoms with Crippen molar-refractivity contribution in [1.29, 1.82) is 0 Å². The van der Waals surface area contributed by atoms with Crippen molar-refractivity contribution in [2.75, 3.05) is 6.61 Å². The maximum Gasteiger partial charge on any atom is 0.339 e. The van der Waals surface area contributed by atoms with E-state index in [4.69, 9.17) is 39.5 Å². The summed E-state index contributed by atoms with van der Waals surface area (Å²) in [5.41, 5.74) is 0.727. The number of hydrogen-bond acceptors (Lipinski definition) is 2. The zero-order valence-corrected chi connectivity index (χ0v) is 14.5. The van der Waals surface area contributed by atoms with Crippen LogP contribution in [0.15, 0.2) is 12.1 Å². The fourth-order valence-corrected chi connectivity index (χ4v) is 3.05. The molecule has 1 atom stereocenters. The first-order chi connectivity index (χ1) is 9.83. The molecule has 0 heterocycles. The number of hydrogen-bond donors (Lipinski definition) is 0. The predicted octanol–water partition coefficient (Wildman–Crippen LogP) is 6.02. The largest absolute Gasteiger partial charge is 0.462 e. The fraction of sp³-hybridized carbons (Fsp3) is 0.562. The van der Waals surface area contributed by atoms with Crippen molar-refractivity contribution in [3.63, 3.8) is 0 Å². The summed E-state index contributed by atoms with van der Waals surface area (Å²) in [5.74, 6) is 0.190. The molecule has 1 aliphatic carbocycles. The molecule has 0 N–H and O–H groups in total. The molecule has 0 radical (unpaired) electrons. The van der Waals surface area contributed by atoms with E-state index in [2.05, 4.69) is 13.8 Å². The van der Waals surface area contributed by atoms with E-state index in [0.717, 1.165) is 12.8 Å².